The molecule has 0 saturated carbocycles. The largest absolute Gasteiger partial charge is 0.497 e. The van der Waals surface area contributed by atoms with Crippen molar-refractivity contribution < 1.29 is 18.6 Å². The molecule has 3 aliphatic rings. The molecule has 3 aliphatic heterocycles. The number of methoxy groups -OCH3 is 2. The molecule has 0 radical (unpaired) electrons. The van der Waals surface area contributed by atoms with Gasteiger partial charge < -0.3 is 19.9 Å². The molecule has 2 saturated heterocycles. The number of rotatable bonds is 5. The van der Waals surface area contributed by atoms with Crippen LogP contribution in [-0.4, -0.2) is 27.0 Å². The highest BCUT2D eigenvalue weighted by Crippen LogP contribution is 2.50. The Balaban J connectivity index is 1.59. The zero-order valence-electron chi connectivity index (χ0n) is 18.8. The summed E-state index contributed by atoms with van der Waals surface area (Å²) < 4.78 is 30.6. The molecule has 178 valence electrons. The molecular formula is C24H27FN6O3. The van der Waals surface area contributed by atoms with E-state index in [0.29, 0.717) is 23.6 Å². The van der Waals surface area contributed by atoms with Gasteiger partial charge in [0.25, 0.3) is 0 Å². The fourth-order valence-electron chi connectivity index (χ4n) is 5.44. The first-order chi connectivity index (χ1) is 16.5. The SMILES string of the molecule is COc1ccc(OC)c(C2NNC3OC(N)=C(C#N)C(C4CNNC4c4ccc(F)cc4)C32)c1. The number of ether oxygens (including phenoxy) is 3. The number of hydrogen-bond acceptors (Lipinski definition) is 9. The molecule has 6 atom stereocenters. The number of nitriles is 1. The zero-order chi connectivity index (χ0) is 23.8. The number of benzene rings is 2. The van der Waals surface area contributed by atoms with Gasteiger partial charge in [0.15, 0.2) is 12.1 Å². The second kappa shape index (κ2) is 9.12. The molecule has 6 N–H and O–H groups in total. The van der Waals surface area contributed by atoms with Gasteiger partial charge in [-0.15, -0.1) is 0 Å². The van der Waals surface area contributed by atoms with Crippen molar-refractivity contribution in [2.24, 2.45) is 23.5 Å². The van der Waals surface area contributed by atoms with Crippen LogP contribution in [0.5, 0.6) is 11.5 Å². The number of allylic oxidation sites excluding steroid dienone is 1. The Kier molecular flexibility index (Phi) is 6.02. The van der Waals surface area contributed by atoms with Gasteiger partial charge in [0.2, 0.25) is 0 Å². The Morgan fingerprint density at radius 1 is 1.06 bits per heavy atom. The van der Waals surface area contributed by atoms with E-state index >= 15 is 0 Å². The summed E-state index contributed by atoms with van der Waals surface area (Å²) in [7, 11) is 3.23. The third-order valence-corrected chi connectivity index (χ3v) is 6.99. The number of hydrogen-bond donors (Lipinski definition) is 5. The molecule has 9 nitrogen and oxygen atoms in total. The van der Waals surface area contributed by atoms with Gasteiger partial charge in [0.1, 0.15) is 23.4 Å². The number of fused-ring (bicyclic) bond motifs is 1. The Hall–Kier alpha value is -3.36. The number of halogens is 1. The molecule has 0 spiro atoms. The number of nitrogens with one attached hydrogen (secondary N) is 4. The van der Waals surface area contributed by atoms with Gasteiger partial charge in [-0.05, 0) is 35.9 Å². The van der Waals surface area contributed by atoms with Crippen LogP contribution in [-0.2, 0) is 4.74 Å². The average molecular weight is 467 g/mol. The summed E-state index contributed by atoms with van der Waals surface area (Å²) in [5, 5.41) is 10.1. The molecule has 0 bridgehead atoms. The highest BCUT2D eigenvalue weighted by Gasteiger charge is 2.54. The Morgan fingerprint density at radius 3 is 2.56 bits per heavy atom. The van der Waals surface area contributed by atoms with E-state index in [1.54, 1.807) is 26.4 Å². The summed E-state index contributed by atoms with van der Waals surface area (Å²) in [6.07, 6.45) is -0.461. The lowest BCUT2D eigenvalue weighted by Gasteiger charge is -2.40. The summed E-state index contributed by atoms with van der Waals surface area (Å²) in [6, 6.07) is 13.9. The zero-order valence-corrected chi connectivity index (χ0v) is 18.8. The standard InChI is InChI=1S/C24H27FN6O3/c1-32-14-7-8-18(33-2)15(9-14)22-20-19(16(10-26)23(27)34-24(20)31-30-22)17-11-28-29-21(17)12-3-5-13(25)6-4-12/h3-9,17,19-22,24,28-31H,11,27H2,1-2H3. The van der Waals surface area contributed by atoms with Gasteiger partial charge in [-0.1, -0.05) is 12.1 Å². The highest BCUT2D eigenvalue weighted by molar-refractivity contribution is 5.44. The predicted molar refractivity (Wildman–Crippen MR) is 121 cm³/mol. The van der Waals surface area contributed by atoms with Crippen LogP contribution in [0, 0.1) is 34.9 Å². The molecule has 6 unspecified atom stereocenters. The lowest BCUT2D eigenvalue weighted by Crippen LogP contribution is -2.45. The van der Waals surface area contributed by atoms with Crippen molar-refractivity contribution in [3.05, 3.63) is 70.9 Å². The third-order valence-electron chi connectivity index (χ3n) is 6.99. The summed E-state index contributed by atoms with van der Waals surface area (Å²) in [5.74, 6) is 0.675. The first kappa shape index (κ1) is 22.4. The fraction of sp³-hybridized carbons (Fsp3) is 0.375. The summed E-state index contributed by atoms with van der Waals surface area (Å²) in [5.41, 5.74) is 21.5. The normalized spacial score (nSPS) is 30.4. The van der Waals surface area contributed by atoms with Crippen LogP contribution in [0.4, 0.5) is 4.39 Å². The molecular weight excluding hydrogens is 439 g/mol. The lowest BCUT2D eigenvalue weighted by atomic mass is 9.68. The summed E-state index contributed by atoms with van der Waals surface area (Å²) >= 11 is 0. The van der Waals surface area contributed by atoms with Crippen LogP contribution in [0.25, 0.3) is 0 Å². The van der Waals surface area contributed by atoms with Crippen molar-refractivity contribution in [2.45, 2.75) is 18.3 Å². The second-order valence-electron chi connectivity index (χ2n) is 8.62. The second-order valence-corrected chi connectivity index (χ2v) is 8.62. The Morgan fingerprint density at radius 2 is 1.85 bits per heavy atom. The highest BCUT2D eigenvalue weighted by atomic mass is 19.1. The molecule has 0 aromatic heterocycles. The van der Waals surface area contributed by atoms with Gasteiger partial charge in [0, 0.05) is 29.9 Å². The quantitative estimate of drug-likeness (QED) is 0.448. The summed E-state index contributed by atoms with van der Waals surface area (Å²) in [6.45, 7) is 0.594. The molecule has 10 heteroatoms. The maximum atomic E-state index is 13.6. The van der Waals surface area contributed by atoms with Gasteiger partial charge >= 0.3 is 0 Å². The van der Waals surface area contributed by atoms with E-state index in [1.807, 2.05) is 18.2 Å². The van der Waals surface area contributed by atoms with Crippen LogP contribution in [0.3, 0.4) is 0 Å². The maximum Gasteiger partial charge on any atom is 0.200 e. The van der Waals surface area contributed by atoms with E-state index in [0.717, 1.165) is 11.1 Å². The van der Waals surface area contributed by atoms with E-state index in [9.17, 15) is 9.65 Å². The van der Waals surface area contributed by atoms with Crippen LogP contribution < -0.4 is 36.9 Å². The first-order valence-electron chi connectivity index (χ1n) is 11.1. The predicted octanol–water partition coefficient (Wildman–Crippen LogP) is 1.74. The molecule has 3 heterocycles. The minimum atomic E-state index is -0.461. The monoisotopic (exact) mass is 466 g/mol. The van der Waals surface area contributed by atoms with Crippen LogP contribution in [0.1, 0.15) is 23.2 Å². The van der Waals surface area contributed by atoms with Crippen molar-refractivity contribution in [3.8, 4) is 17.6 Å². The van der Waals surface area contributed by atoms with E-state index in [1.165, 1.54) is 12.1 Å². The van der Waals surface area contributed by atoms with Gasteiger partial charge in [-0.3, -0.25) is 5.43 Å². The van der Waals surface area contributed by atoms with Crippen molar-refractivity contribution in [3.63, 3.8) is 0 Å². The van der Waals surface area contributed by atoms with Crippen LogP contribution >= 0.6 is 0 Å². The van der Waals surface area contributed by atoms with Crippen molar-refractivity contribution in [1.29, 1.82) is 5.26 Å². The van der Waals surface area contributed by atoms with Gasteiger partial charge in [0.05, 0.1) is 31.9 Å². The van der Waals surface area contributed by atoms with Crippen molar-refractivity contribution >= 4 is 0 Å². The Bertz CT molecular complexity index is 1130. The van der Waals surface area contributed by atoms with Gasteiger partial charge in [-0.25, -0.2) is 20.7 Å². The maximum absolute atomic E-state index is 13.6. The molecule has 2 aromatic rings. The molecule has 2 aromatic carbocycles. The number of hydrazine groups is 2. The topological polar surface area (TPSA) is 126 Å². The van der Waals surface area contributed by atoms with Crippen LogP contribution in [0.15, 0.2) is 53.9 Å². The van der Waals surface area contributed by atoms with Crippen LogP contribution in [0.2, 0.25) is 0 Å². The summed E-state index contributed by atoms with van der Waals surface area (Å²) in [4.78, 5) is 0. The number of nitrogens with two attached hydrogens (primary N) is 1. The molecule has 0 amide bonds. The van der Waals surface area contributed by atoms with E-state index in [2.05, 4.69) is 27.8 Å². The van der Waals surface area contributed by atoms with E-state index in [-0.39, 0.29) is 41.5 Å². The number of nitrogens with zero attached hydrogens (tertiary/aromatic N) is 1. The van der Waals surface area contributed by atoms with Crippen molar-refractivity contribution in [1.82, 2.24) is 21.7 Å². The minimum Gasteiger partial charge on any atom is -0.497 e. The third kappa shape index (κ3) is 3.73. The Labute approximate surface area is 197 Å². The minimum absolute atomic E-state index is 0.0594. The molecule has 34 heavy (non-hydrogen) atoms. The van der Waals surface area contributed by atoms with Gasteiger partial charge in [-0.2, -0.15) is 5.26 Å². The van der Waals surface area contributed by atoms with E-state index < -0.39 is 6.23 Å². The molecule has 0 aliphatic carbocycles. The van der Waals surface area contributed by atoms with E-state index in [4.69, 9.17) is 19.9 Å². The smallest absolute Gasteiger partial charge is 0.200 e. The molecule has 5 rings (SSSR count). The average Bonchev–Trinajstić information content (AvgIpc) is 3.50. The van der Waals surface area contributed by atoms with Crippen molar-refractivity contribution in [2.75, 3.05) is 20.8 Å². The molecule has 2 fully saturated rings. The lowest BCUT2D eigenvalue weighted by molar-refractivity contribution is 0.00557. The first-order valence-corrected chi connectivity index (χ1v) is 11.1. The fourth-order valence-corrected chi connectivity index (χ4v) is 5.44.